The number of pyridine rings is 2. The number of fused-ring (bicyclic) bond motifs is 3. The van der Waals surface area contributed by atoms with Gasteiger partial charge in [-0.15, -0.1) is 10.2 Å². The monoisotopic (exact) mass is 485 g/mol. The highest BCUT2D eigenvalue weighted by molar-refractivity contribution is 5.98. The first-order chi connectivity index (χ1) is 17.4. The van der Waals surface area contributed by atoms with Crippen LogP contribution in [0.2, 0.25) is 0 Å². The van der Waals surface area contributed by atoms with Crippen molar-refractivity contribution in [3.8, 4) is 33.9 Å². The molecule has 4 heterocycles. The van der Waals surface area contributed by atoms with E-state index in [1.165, 1.54) is 0 Å². The zero-order valence-corrected chi connectivity index (χ0v) is 18.7. The molecule has 36 heavy (non-hydrogen) atoms. The van der Waals surface area contributed by atoms with Gasteiger partial charge in [0.2, 0.25) is 0 Å². The molecule has 0 radical (unpaired) electrons. The molecule has 0 spiro atoms. The van der Waals surface area contributed by atoms with Crippen molar-refractivity contribution in [2.75, 3.05) is 0 Å². The second-order valence-electron chi connectivity index (χ2n) is 8.28. The highest BCUT2D eigenvalue weighted by Gasteiger charge is 2.33. The van der Waals surface area contributed by atoms with Crippen LogP contribution < -0.4 is 5.73 Å². The van der Waals surface area contributed by atoms with Crippen LogP contribution in [0.4, 0.5) is 13.2 Å². The topological polar surface area (TPSA) is 97.8 Å². The van der Waals surface area contributed by atoms with Crippen molar-refractivity contribution in [3.05, 3.63) is 90.3 Å². The third-order valence-corrected chi connectivity index (χ3v) is 6.03. The predicted octanol–water partition coefficient (Wildman–Crippen LogP) is 5.48. The van der Waals surface area contributed by atoms with Gasteiger partial charge in [-0.2, -0.15) is 18.3 Å². The molecule has 0 aliphatic rings. The van der Waals surface area contributed by atoms with Gasteiger partial charge >= 0.3 is 6.18 Å². The average Bonchev–Trinajstić information content (AvgIpc) is 3.56. The molecule has 2 aromatic carbocycles. The normalized spacial score (nSPS) is 12.0. The van der Waals surface area contributed by atoms with Gasteiger partial charge in [0.05, 0.1) is 11.2 Å². The number of halogens is 3. The number of nitrogens with zero attached hydrogens (tertiary/aromatic N) is 5. The summed E-state index contributed by atoms with van der Waals surface area (Å²) in [4.78, 5) is 4.96. The Bertz CT molecular complexity index is 1700. The number of H-pyrrole nitrogens is 1. The van der Waals surface area contributed by atoms with Crippen LogP contribution in [0, 0.1) is 0 Å². The minimum Gasteiger partial charge on any atom is -0.326 e. The molecule has 0 atom stereocenters. The van der Waals surface area contributed by atoms with Gasteiger partial charge in [0, 0.05) is 29.3 Å². The smallest absolute Gasteiger partial charge is 0.326 e. The minimum atomic E-state index is -4.54. The van der Waals surface area contributed by atoms with Crippen molar-refractivity contribution < 1.29 is 13.2 Å². The van der Waals surface area contributed by atoms with Gasteiger partial charge in [0.25, 0.3) is 0 Å². The summed E-state index contributed by atoms with van der Waals surface area (Å²) in [7, 11) is 0. The highest BCUT2D eigenvalue weighted by atomic mass is 19.4. The molecule has 6 aromatic rings. The summed E-state index contributed by atoms with van der Waals surface area (Å²) >= 11 is 0. The fourth-order valence-electron chi connectivity index (χ4n) is 4.21. The van der Waals surface area contributed by atoms with Crippen molar-refractivity contribution in [2.45, 2.75) is 12.7 Å². The standard InChI is InChI=1S/C26H18F3N7/c27-26(28,29)22-13-21(32-33-22)25-35-34-24-19-12-18(16-4-2-1-3-5-16)23(31-20(19)10-11-36(24)25)17-8-6-15(14-30)7-9-17/h1-13H,14,30H2,(H,32,33). The van der Waals surface area contributed by atoms with E-state index >= 15 is 0 Å². The molecule has 7 nitrogen and oxygen atoms in total. The number of nitrogens with two attached hydrogens (primary N) is 1. The van der Waals surface area contributed by atoms with Crippen LogP contribution in [0.25, 0.3) is 50.5 Å². The maximum atomic E-state index is 13.1. The molecule has 0 saturated carbocycles. The van der Waals surface area contributed by atoms with Gasteiger partial charge in [-0.1, -0.05) is 54.6 Å². The Morgan fingerprint density at radius 2 is 1.67 bits per heavy atom. The Hall–Kier alpha value is -4.57. The van der Waals surface area contributed by atoms with Gasteiger partial charge < -0.3 is 5.73 Å². The molecule has 0 aliphatic heterocycles. The van der Waals surface area contributed by atoms with E-state index in [1.54, 1.807) is 16.7 Å². The average molecular weight is 485 g/mol. The Kier molecular flexibility index (Phi) is 5.04. The van der Waals surface area contributed by atoms with Gasteiger partial charge in [-0.25, -0.2) is 4.98 Å². The second kappa shape index (κ2) is 8.28. The van der Waals surface area contributed by atoms with E-state index in [4.69, 9.17) is 10.7 Å². The maximum Gasteiger partial charge on any atom is 0.432 e. The summed E-state index contributed by atoms with van der Waals surface area (Å²) in [6, 6.07) is 22.5. The van der Waals surface area contributed by atoms with Gasteiger partial charge in [0.15, 0.2) is 11.5 Å². The molecule has 4 aromatic heterocycles. The Morgan fingerprint density at radius 1 is 0.889 bits per heavy atom. The van der Waals surface area contributed by atoms with Gasteiger partial charge in [-0.05, 0) is 29.3 Å². The fourth-order valence-corrected chi connectivity index (χ4v) is 4.21. The van der Waals surface area contributed by atoms with Crippen molar-refractivity contribution in [2.24, 2.45) is 5.73 Å². The Labute approximate surface area is 202 Å². The zero-order chi connectivity index (χ0) is 24.9. The highest BCUT2D eigenvalue weighted by Crippen LogP contribution is 2.35. The molecule has 10 heteroatoms. The number of aromatic amines is 1. The number of hydrogen-bond acceptors (Lipinski definition) is 5. The maximum absolute atomic E-state index is 13.1. The van der Waals surface area contributed by atoms with E-state index in [-0.39, 0.29) is 11.5 Å². The van der Waals surface area contributed by atoms with E-state index in [9.17, 15) is 13.2 Å². The third kappa shape index (κ3) is 3.68. The molecule has 0 aliphatic carbocycles. The van der Waals surface area contributed by atoms with Crippen molar-refractivity contribution in [1.29, 1.82) is 0 Å². The first-order valence-electron chi connectivity index (χ1n) is 11.1. The Morgan fingerprint density at radius 3 is 2.36 bits per heavy atom. The van der Waals surface area contributed by atoms with E-state index in [0.717, 1.165) is 34.0 Å². The molecule has 0 bridgehead atoms. The summed E-state index contributed by atoms with van der Waals surface area (Å²) in [6.07, 6.45) is -2.85. The Balaban J connectivity index is 1.56. The predicted molar refractivity (Wildman–Crippen MR) is 130 cm³/mol. The van der Waals surface area contributed by atoms with Crippen LogP contribution in [0.5, 0.6) is 0 Å². The lowest BCUT2D eigenvalue weighted by Crippen LogP contribution is -2.04. The third-order valence-electron chi connectivity index (χ3n) is 6.03. The van der Waals surface area contributed by atoms with Crippen LogP contribution in [-0.2, 0) is 12.7 Å². The van der Waals surface area contributed by atoms with E-state index < -0.39 is 11.9 Å². The molecule has 3 N–H and O–H groups in total. The lowest BCUT2D eigenvalue weighted by Gasteiger charge is -2.12. The molecule has 0 unspecified atom stereocenters. The summed E-state index contributed by atoms with van der Waals surface area (Å²) in [5, 5.41) is 14.9. The molecule has 0 amide bonds. The number of hydrogen-bond donors (Lipinski definition) is 2. The number of benzene rings is 2. The van der Waals surface area contributed by atoms with Gasteiger partial charge in [-0.3, -0.25) is 9.50 Å². The van der Waals surface area contributed by atoms with Crippen LogP contribution in [-0.4, -0.2) is 29.8 Å². The first-order valence-corrected chi connectivity index (χ1v) is 11.1. The second-order valence-corrected chi connectivity index (χ2v) is 8.28. The lowest BCUT2D eigenvalue weighted by molar-refractivity contribution is -0.141. The first kappa shape index (κ1) is 21.9. The molecule has 6 rings (SSSR count). The van der Waals surface area contributed by atoms with Crippen LogP contribution in [0.15, 0.2) is 79.0 Å². The minimum absolute atomic E-state index is 0.0435. The van der Waals surface area contributed by atoms with Crippen LogP contribution >= 0.6 is 0 Å². The number of nitrogens with one attached hydrogen (secondary N) is 1. The largest absolute Gasteiger partial charge is 0.432 e. The van der Waals surface area contributed by atoms with Crippen molar-refractivity contribution in [3.63, 3.8) is 0 Å². The van der Waals surface area contributed by atoms with E-state index in [0.29, 0.717) is 23.1 Å². The van der Waals surface area contributed by atoms with Crippen LogP contribution in [0.1, 0.15) is 11.3 Å². The summed E-state index contributed by atoms with van der Waals surface area (Å²) < 4.78 is 40.8. The molecular formula is C26H18F3N7. The number of rotatable bonds is 4. The van der Waals surface area contributed by atoms with Gasteiger partial charge in [0.1, 0.15) is 11.4 Å². The number of alkyl halides is 3. The number of aromatic nitrogens is 6. The quantitative estimate of drug-likeness (QED) is 0.345. The fraction of sp³-hybridized carbons (Fsp3) is 0.0769. The summed E-state index contributed by atoms with van der Waals surface area (Å²) in [5.74, 6) is 0.196. The molecular weight excluding hydrogens is 467 g/mol. The SMILES string of the molecule is NCc1ccc(-c2nc3ccn4c(-c5cc(C(F)(F)F)[nH]n5)nnc4c3cc2-c2ccccc2)cc1. The summed E-state index contributed by atoms with van der Waals surface area (Å²) in [5.41, 5.74) is 10.6. The van der Waals surface area contributed by atoms with Crippen molar-refractivity contribution in [1.82, 2.24) is 29.8 Å². The lowest BCUT2D eigenvalue weighted by atomic mass is 9.97. The molecule has 178 valence electrons. The van der Waals surface area contributed by atoms with Crippen LogP contribution in [0.3, 0.4) is 0 Å². The molecule has 0 fully saturated rings. The molecule has 0 saturated heterocycles. The zero-order valence-electron chi connectivity index (χ0n) is 18.7. The van der Waals surface area contributed by atoms with E-state index in [1.807, 2.05) is 65.8 Å². The van der Waals surface area contributed by atoms with Crippen molar-refractivity contribution >= 4 is 16.6 Å². The van der Waals surface area contributed by atoms with E-state index in [2.05, 4.69) is 15.3 Å². The summed E-state index contributed by atoms with van der Waals surface area (Å²) in [6.45, 7) is 0.449.